The molecule has 0 bridgehead atoms. The van der Waals surface area contributed by atoms with Gasteiger partial charge in [0, 0.05) is 25.9 Å². The van der Waals surface area contributed by atoms with E-state index in [1.807, 2.05) is 24.3 Å². The molecule has 2 rings (SSSR count). The topological polar surface area (TPSA) is 46.6 Å². The fraction of sp³-hybridized carbons (Fsp3) is 0.375. The molecule has 4 heteroatoms. The monoisotopic (exact) mass is 273 g/mol. The minimum absolute atomic E-state index is 0.0162. The van der Waals surface area contributed by atoms with Crippen molar-refractivity contribution in [2.24, 2.45) is 0 Å². The van der Waals surface area contributed by atoms with Crippen molar-refractivity contribution < 1.29 is 14.3 Å². The van der Waals surface area contributed by atoms with Crippen LogP contribution < -0.4 is 4.74 Å². The number of hydrogen-bond acceptors (Lipinski definition) is 3. The molecule has 1 aliphatic heterocycles. The summed E-state index contributed by atoms with van der Waals surface area (Å²) in [5.41, 5.74) is 1.02. The lowest BCUT2D eigenvalue weighted by Gasteiger charge is -2.26. The molecular formula is C16H19NO3. The summed E-state index contributed by atoms with van der Waals surface area (Å²) in [7, 11) is 0. The number of ether oxygens (including phenoxy) is 1. The number of allylic oxidation sites excluding steroid dienone is 1. The number of amides is 1. The molecule has 4 nitrogen and oxygen atoms in total. The van der Waals surface area contributed by atoms with Crippen molar-refractivity contribution in [3.05, 3.63) is 42.5 Å². The van der Waals surface area contributed by atoms with Crippen LogP contribution in [0.1, 0.15) is 18.4 Å². The van der Waals surface area contributed by atoms with E-state index >= 15 is 0 Å². The van der Waals surface area contributed by atoms with Gasteiger partial charge >= 0.3 is 0 Å². The zero-order valence-electron chi connectivity index (χ0n) is 11.5. The maximum absolute atomic E-state index is 12.0. The van der Waals surface area contributed by atoms with Crippen LogP contribution >= 0.6 is 0 Å². The van der Waals surface area contributed by atoms with Gasteiger partial charge in [0.15, 0.2) is 6.61 Å². The summed E-state index contributed by atoms with van der Waals surface area (Å²) in [6.07, 6.45) is 3.43. The first-order valence-corrected chi connectivity index (χ1v) is 6.82. The van der Waals surface area contributed by atoms with Crippen molar-refractivity contribution in [3.63, 3.8) is 0 Å². The van der Waals surface area contributed by atoms with Gasteiger partial charge in [-0.3, -0.25) is 9.59 Å². The minimum Gasteiger partial charge on any atom is -0.483 e. The standard InChI is InChI=1S/C16H19NO3/c1-2-5-13-6-3-4-7-15(13)20-12-16(19)17-10-8-14(18)9-11-17/h2-4,6-7H,1,5,8-12H2. The number of nitrogens with zero attached hydrogens (tertiary/aromatic N) is 1. The summed E-state index contributed by atoms with van der Waals surface area (Å²) in [6, 6.07) is 7.63. The zero-order chi connectivity index (χ0) is 14.4. The van der Waals surface area contributed by atoms with Gasteiger partial charge in [-0.15, -0.1) is 6.58 Å². The Hall–Kier alpha value is -2.10. The minimum atomic E-state index is -0.0640. The number of ketones is 1. The molecule has 1 amide bonds. The summed E-state index contributed by atoms with van der Waals surface area (Å²) >= 11 is 0. The van der Waals surface area contributed by atoms with Gasteiger partial charge in [-0.2, -0.15) is 0 Å². The molecule has 20 heavy (non-hydrogen) atoms. The second-order valence-electron chi connectivity index (χ2n) is 4.81. The molecule has 1 saturated heterocycles. The lowest BCUT2D eigenvalue weighted by molar-refractivity contribution is -0.136. The maximum atomic E-state index is 12.0. The van der Waals surface area contributed by atoms with Gasteiger partial charge < -0.3 is 9.64 Å². The fourth-order valence-electron chi connectivity index (χ4n) is 2.21. The smallest absolute Gasteiger partial charge is 0.260 e. The third-order valence-corrected chi connectivity index (χ3v) is 3.36. The second-order valence-corrected chi connectivity index (χ2v) is 4.81. The molecule has 0 aliphatic carbocycles. The van der Waals surface area contributed by atoms with E-state index in [4.69, 9.17) is 4.74 Å². The Balaban J connectivity index is 1.90. The quantitative estimate of drug-likeness (QED) is 0.771. The molecule has 0 aromatic heterocycles. The van der Waals surface area contributed by atoms with Crippen molar-refractivity contribution in [2.45, 2.75) is 19.3 Å². The first kappa shape index (κ1) is 14.3. The Morgan fingerprint density at radius 3 is 2.70 bits per heavy atom. The van der Waals surface area contributed by atoms with Crippen molar-refractivity contribution in [1.82, 2.24) is 4.90 Å². The van der Waals surface area contributed by atoms with E-state index in [1.165, 1.54) is 0 Å². The normalized spacial score (nSPS) is 15.0. The number of carbonyl (C=O) groups is 2. The molecule has 0 unspecified atom stereocenters. The predicted octanol–water partition coefficient (Wildman–Crippen LogP) is 1.99. The van der Waals surface area contributed by atoms with Crippen LogP contribution in [0.5, 0.6) is 5.75 Å². The van der Waals surface area contributed by atoms with Gasteiger partial charge in [0.05, 0.1) is 0 Å². The number of piperidine rings is 1. The van der Waals surface area contributed by atoms with Gasteiger partial charge in [-0.05, 0) is 18.1 Å². The maximum Gasteiger partial charge on any atom is 0.260 e. The van der Waals surface area contributed by atoms with E-state index in [0.29, 0.717) is 38.1 Å². The van der Waals surface area contributed by atoms with E-state index in [9.17, 15) is 9.59 Å². The van der Waals surface area contributed by atoms with Crippen molar-refractivity contribution in [3.8, 4) is 5.75 Å². The first-order valence-electron chi connectivity index (χ1n) is 6.82. The number of likely N-dealkylation sites (tertiary alicyclic amines) is 1. The number of rotatable bonds is 5. The molecular weight excluding hydrogens is 254 g/mol. The van der Waals surface area contributed by atoms with Crippen LogP contribution in [0.15, 0.2) is 36.9 Å². The molecule has 1 aromatic rings. The zero-order valence-corrected chi connectivity index (χ0v) is 11.5. The molecule has 0 radical (unpaired) electrons. The summed E-state index contributed by atoms with van der Waals surface area (Å²) in [4.78, 5) is 24.9. The number of para-hydroxylation sites is 1. The highest BCUT2D eigenvalue weighted by Gasteiger charge is 2.21. The van der Waals surface area contributed by atoms with Crippen LogP contribution in [-0.2, 0) is 16.0 Å². The summed E-state index contributed by atoms with van der Waals surface area (Å²) in [6.45, 7) is 4.74. The lowest BCUT2D eigenvalue weighted by atomic mass is 10.1. The largest absolute Gasteiger partial charge is 0.483 e. The molecule has 1 fully saturated rings. The summed E-state index contributed by atoms with van der Waals surface area (Å²) < 4.78 is 5.61. The highest BCUT2D eigenvalue weighted by Crippen LogP contribution is 2.19. The second kappa shape index (κ2) is 6.89. The third-order valence-electron chi connectivity index (χ3n) is 3.36. The Morgan fingerprint density at radius 1 is 1.30 bits per heavy atom. The van der Waals surface area contributed by atoms with Gasteiger partial charge in [0.2, 0.25) is 0 Å². The van der Waals surface area contributed by atoms with Crippen molar-refractivity contribution in [2.75, 3.05) is 19.7 Å². The van der Waals surface area contributed by atoms with E-state index in [0.717, 1.165) is 5.56 Å². The Kier molecular flexibility index (Phi) is 4.93. The van der Waals surface area contributed by atoms with Gasteiger partial charge in [-0.1, -0.05) is 24.3 Å². The van der Waals surface area contributed by atoms with E-state index in [-0.39, 0.29) is 18.3 Å². The van der Waals surface area contributed by atoms with Crippen LogP contribution in [0.4, 0.5) is 0 Å². The molecule has 0 atom stereocenters. The Bertz CT molecular complexity index is 500. The molecule has 0 N–H and O–H groups in total. The summed E-state index contributed by atoms with van der Waals surface area (Å²) in [5.74, 6) is 0.881. The predicted molar refractivity (Wildman–Crippen MR) is 76.7 cm³/mol. The van der Waals surface area contributed by atoms with E-state index < -0.39 is 0 Å². The van der Waals surface area contributed by atoms with Crippen LogP contribution in [0.2, 0.25) is 0 Å². The molecule has 0 saturated carbocycles. The van der Waals surface area contributed by atoms with Crippen molar-refractivity contribution >= 4 is 11.7 Å². The SMILES string of the molecule is C=CCc1ccccc1OCC(=O)N1CCC(=O)CC1. The Morgan fingerprint density at radius 2 is 2.00 bits per heavy atom. The average Bonchev–Trinajstić information content (AvgIpc) is 2.47. The number of carbonyl (C=O) groups excluding carboxylic acids is 2. The number of benzene rings is 1. The van der Waals surface area contributed by atoms with Gasteiger partial charge in [0.25, 0.3) is 5.91 Å². The number of Topliss-reactive ketones (excluding diaryl/α,β-unsaturated/α-hetero) is 1. The van der Waals surface area contributed by atoms with Crippen LogP contribution in [-0.4, -0.2) is 36.3 Å². The summed E-state index contributed by atoms with van der Waals surface area (Å²) in [5, 5.41) is 0. The van der Waals surface area contributed by atoms with Crippen molar-refractivity contribution in [1.29, 1.82) is 0 Å². The lowest BCUT2D eigenvalue weighted by Crippen LogP contribution is -2.41. The van der Waals surface area contributed by atoms with Crippen LogP contribution in [0.25, 0.3) is 0 Å². The molecule has 1 aromatic carbocycles. The Labute approximate surface area is 119 Å². The first-order chi connectivity index (χ1) is 9.70. The van der Waals surface area contributed by atoms with Gasteiger partial charge in [0.1, 0.15) is 11.5 Å². The average molecular weight is 273 g/mol. The molecule has 0 spiro atoms. The fourth-order valence-corrected chi connectivity index (χ4v) is 2.21. The van der Waals surface area contributed by atoms with E-state index in [2.05, 4.69) is 6.58 Å². The van der Waals surface area contributed by atoms with E-state index in [1.54, 1.807) is 11.0 Å². The third kappa shape index (κ3) is 3.70. The van der Waals surface area contributed by atoms with Crippen LogP contribution in [0.3, 0.4) is 0 Å². The molecule has 1 aliphatic rings. The van der Waals surface area contributed by atoms with Gasteiger partial charge in [-0.25, -0.2) is 0 Å². The highest BCUT2D eigenvalue weighted by molar-refractivity contribution is 5.84. The highest BCUT2D eigenvalue weighted by atomic mass is 16.5. The number of hydrogen-bond donors (Lipinski definition) is 0. The van der Waals surface area contributed by atoms with Crippen LogP contribution in [0, 0.1) is 0 Å². The molecule has 106 valence electrons. The molecule has 1 heterocycles.